The Morgan fingerprint density at radius 1 is 1.12 bits per heavy atom. The molecule has 4 unspecified atom stereocenters. The van der Waals surface area contributed by atoms with E-state index in [4.69, 9.17) is 10.8 Å². The molecule has 0 rings (SSSR count). The lowest BCUT2D eigenvalue weighted by atomic mass is 10.1. The second-order valence-corrected chi connectivity index (χ2v) is 6.77. The Labute approximate surface area is 161 Å². The second kappa shape index (κ2) is 12.8. The summed E-state index contributed by atoms with van der Waals surface area (Å²) < 4.78 is 0. The van der Waals surface area contributed by atoms with Crippen LogP contribution in [0.1, 0.15) is 13.3 Å². The molecule has 26 heavy (non-hydrogen) atoms. The van der Waals surface area contributed by atoms with Crippen molar-refractivity contribution in [3.05, 3.63) is 0 Å². The van der Waals surface area contributed by atoms with Crippen LogP contribution in [0.4, 0.5) is 0 Å². The van der Waals surface area contributed by atoms with E-state index in [1.54, 1.807) is 0 Å². The summed E-state index contributed by atoms with van der Waals surface area (Å²) in [6.07, 6.45) is 0.830. The highest BCUT2D eigenvalue weighted by atomic mass is 32.2. The second-order valence-electron chi connectivity index (χ2n) is 5.41. The summed E-state index contributed by atoms with van der Waals surface area (Å²) in [4.78, 5) is 47.1. The van der Waals surface area contributed by atoms with Gasteiger partial charge < -0.3 is 31.9 Å². The van der Waals surface area contributed by atoms with Crippen molar-refractivity contribution in [1.82, 2.24) is 16.0 Å². The zero-order valence-corrected chi connectivity index (χ0v) is 16.3. The first-order valence-electron chi connectivity index (χ1n) is 7.78. The number of carboxylic acid groups (broad SMARTS) is 1. The normalized spacial score (nSPS) is 15.3. The average Bonchev–Trinajstić information content (AvgIpc) is 2.59. The van der Waals surface area contributed by atoms with Crippen LogP contribution < -0.4 is 21.7 Å². The molecule has 4 atom stereocenters. The third-order valence-electron chi connectivity index (χ3n) is 3.31. The number of carbonyl (C=O) groups excluding carboxylic acids is 3. The van der Waals surface area contributed by atoms with Gasteiger partial charge in [0.1, 0.15) is 18.1 Å². The van der Waals surface area contributed by atoms with Crippen LogP contribution in [-0.2, 0) is 19.2 Å². The number of aliphatic hydroxyl groups is 1. The van der Waals surface area contributed by atoms with Gasteiger partial charge in [-0.2, -0.15) is 24.4 Å². The van der Waals surface area contributed by atoms with E-state index in [0.717, 1.165) is 0 Å². The molecule has 0 aliphatic heterocycles. The molecule has 0 spiro atoms. The minimum absolute atomic E-state index is 0.162. The number of hydrogen-bond acceptors (Lipinski definition) is 8. The molecule has 10 nitrogen and oxygen atoms in total. The van der Waals surface area contributed by atoms with Gasteiger partial charge in [-0.3, -0.25) is 14.4 Å². The Balaban J connectivity index is 5.12. The first-order valence-corrected chi connectivity index (χ1v) is 9.81. The minimum atomic E-state index is -1.39. The Morgan fingerprint density at radius 2 is 1.73 bits per heavy atom. The molecule has 0 radical (unpaired) electrons. The molecule has 7 N–H and O–H groups in total. The molecule has 0 saturated carbocycles. The summed E-state index contributed by atoms with van der Waals surface area (Å²) in [5.74, 6) is -2.98. The summed E-state index contributed by atoms with van der Waals surface area (Å²) in [7, 11) is 0. The zero-order valence-electron chi connectivity index (χ0n) is 14.6. The minimum Gasteiger partial charge on any atom is -0.480 e. The van der Waals surface area contributed by atoms with Gasteiger partial charge in [-0.15, -0.1) is 0 Å². The quantitative estimate of drug-likeness (QED) is 0.174. The van der Waals surface area contributed by atoms with Crippen molar-refractivity contribution < 1.29 is 29.4 Å². The molecule has 3 amide bonds. The number of amides is 3. The topological polar surface area (TPSA) is 171 Å². The number of hydrogen-bond donors (Lipinski definition) is 7. The smallest absolute Gasteiger partial charge is 0.327 e. The van der Waals surface area contributed by atoms with Gasteiger partial charge in [0, 0.05) is 5.75 Å². The molecule has 0 aromatic heterocycles. The van der Waals surface area contributed by atoms with E-state index in [1.165, 1.54) is 18.7 Å². The molecule has 0 aliphatic rings. The van der Waals surface area contributed by atoms with E-state index in [9.17, 15) is 24.3 Å². The van der Waals surface area contributed by atoms with E-state index < -0.39 is 47.9 Å². The number of aliphatic hydroxyl groups excluding tert-OH is 1. The lowest BCUT2D eigenvalue weighted by Gasteiger charge is -2.25. The molecule has 0 heterocycles. The summed E-state index contributed by atoms with van der Waals surface area (Å²) in [5, 5.41) is 25.7. The van der Waals surface area contributed by atoms with Gasteiger partial charge in [0.15, 0.2) is 0 Å². The van der Waals surface area contributed by atoms with Crippen LogP contribution in [0.2, 0.25) is 0 Å². The predicted octanol–water partition coefficient (Wildman–Crippen LogP) is -2.45. The zero-order chi connectivity index (χ0) is 20.3. The third kappa shape index (κ3) is 8.74. The number of carbonyl (C=O) groups is 4. The van der Waals surface area contributed by atoms with E-state index in [1.807, 2.05) is 6.26 Å². The van der Waals surface area contributed by atoms with Crippen LogP contribution in [0, 0.1) is 0 Å². The fourth-order valence-corrected chi connectivity index (χ4v) is 2.58. The first kappa shape index (κ1) is 24.5. The number of thioether (sulfide) groups is 1. The highest BCUT2D eigenvalue weighted by Crippen LogP contribution is 2.03. The molecular formula is C14H26N4O6S2. The summed E-state index contributed by atoms with van der Waals surface area (Å²) in [5.41, 5.74) is 5.23. The maximum absolute atomic E-state index is 12.4. The number of nitrogens with one attached hydrogen (secondary N) is 3. The molecule has 150 valence electrons. The van der Waals surface area contributed by atoms with Gasteiger partial charge in [-0.1, -0.05) is 0 Å². The Hall–Kier alpha value is -1.50. The Bertz CT molecular complexity index is 506. The fraction of sp³-hybridized carbons (Fsp3) is 0.714. The number of rotatable bonds is 12. The van der Waals surface area contributed by atoms with Crippen molar-refractivity contribution in [1.29, 1.82) is 0 Å². The average molecular weight is 411 g/mol. The highest BCUT2D eigenvalue weighted by Gasteiger charge is 2.31. The van der Waals surface area contributed by atoms with Crippen LogP contribution in [0.15, 0.2) is 0 Å². The maximum atomic E-state index is 12.4. The molecule has 0 bridgehead atoms. The van der Waals surface area contributed by atoms with E-state index in [2.05, 4.69) is 28.6 Å². The van der Waals surface area contributed by atoms with Crippen molar-refractivity contribution in [3.63, 3.8) is 0 Å². The summed E-state index contributed by atoms with van der Waals surface area (Å²) >= 11 is 5.30. The molecule has 0 aromatic rings. The number of nitrogens with two attached hydrogens (primary N) is 1. The highest BCUT2D eigenvalue weighted by molar-refractivity contribution is 7.98. The van der Waals surface area contributed by atoms with Crippen LogP contribution in [0.25, 0.3) is 0 Å². The van der Waals surface area contributed by atoms with E-state index >= 15 is 0 Å². The van der Waals surface area contributed by atoms with Crippen LogP contribution >= 0.6 is 24.4 Å². The lowest BCUT2D eigenvalue weighted by molar-refractivity contribution is -0.142. The van der Waals surface area contributed by atoms with Gasteiger partial charge in [-0.05, 0) is 25.4 Å². The number of thiol groups is 1. The van der Waals surface area contributed by atoms with E-state index in [-0.39, 0.29) is 12.3 Å². The summed E-state index contributed by atoms with van der Waals surface area (Å²) in [6, 6.07) is -3.60. The van der Waals surface area contributed by atoms with Crippen molar-refractivity contribution in [2.75, 3.05) is 24.3 Å². The largest absolute Gasteiger partial charge is 0.480 e. The van der Waals surface area contributed by atoms with Crippen LogP contribution in [0.3, 0.4) is 0 Å². The maximum Gasteiger partial charge on any atom is 0.327 e. The first-order chi connectivity index (χ1) is 12.2. The van der Waals surface area contributed by atoms with Crippen molar-refractivity contribution in [3.8, 4) is 0 Å². The molecule has 0 aliphatic carbocycles. The van der Waals surface area contributed by atoms with Crippen molar-refractivity contribution >= 4 is 48.1 Å². The van der Waals surface area contributed by atoms with Crippen LogP contribution in [0.5, 0.6) is 0 Å². The van der Waals surface area contributed by atoms with Gasteiger partial charge in [0.2, 0.25) is 17.7 Å². The monoisotopic (exact) mass is 410 g/mol. The van der Waals surface area contributed by atoms with Gasteiger partial charge in [-0.25, -0.2) is 4.79 Å². The molecule has 0 fully saturated rings. The SMILES string of the molecule is CSCCC(NC(=O)CN)C(=O)NC(C(=O)NC(CS)C(=O)O)C(C)O. The Kier molecular flexibility index (Phi) is 12.1. The van der Waals surface area contributed by atoms with E-state index in [0.29, 0.717) is 12.2 Å². The predicted molar refractivity (Wildman–Crippen MR) is 101 cm³/mol. The van der Waals surface area contributed by atoms with Crippen LogP contribution in [-0.4, -0.2) is 82.4 Å². The number of aliphatic carboxylic acids is 1. The van der Waals surface area contributed by atoms with Crippen molar-refractivity contribution in [2.24, 2.45) is 5.73 Å². The Morgan fingerprint density at radius 3 is 2.15 bits per heavy atom. The van der Waals surface area contributed by atoms with Gasteiger partial charge in [0.05, 0.1) is 12.6 Å². The third-order valence-corrected chi connectivity index (χ3v) is 4.32. The van der Waals surface area contributed by atoms with Crippen molar-refractivity contribution in [2.45, 2.75) is 37.6 Å². The fourth-order valence-electron chi connectivity index (χ4n) is 1.86. The number of carboxylic acids is 1. The molecule has 0 aromatic carbocycles. The lowest BCUT2D eigenvalue weighted by Crippen LogP contribution is -2.59. The van der Waals surface area contributed by atoms with Gasteiger partial charge >= 0.3 is 5.97 Å². The molecule has 0 saturated heterocycles. The summed E-state index contributed by atoms with van der Waals surface area (Å²) in [6.45, 7) is 0.974. The van der Waals surface area contributed by atoms with Gasteiger partial charge in [0.25, 0.3) is 0 Å². The molecular weight excluding hydrogens is 384 g/mol. The standard InChI is InChI=1S/C14H26N4O6S2/c1-7(19)11(13(22)17-9(6-25)14(23)24)18-12(21)8(3-4-26-2)16-10(20)5-15/h7-9,11,19,25H,3-6,15H2,1-2H3,(H,16,20)(H,17,22)(H,18,21)(H,23,24). The molecule has 12 heteroatoms.